The summed E-state index contributed by atoms with van der Waals surface area (Å²) in [6.45, 7) is 4.23. The van der Waals surface area contributed by atoms with E-state index in [9.17, 15) is 19.8 Å². The molecule has 0 aromatic carbocycles. The van der Waals surface area contributed by atoms with Gasteiger partial charge in [-0.1, -0.05) is 33.1 Å². The van der Waals surface area contributed by atoms with Crippen LogP contribution in [0.25, 0.3) is 0 Å². The van der Waals surface area contributed by atoms with Gasteiger partial charge in [0.2, 0.25) is 0 Å². The molecule has 0 aromatic rings. The molecule has 0 spiro atoms. The van der Waals surface area contributed by atoms with Gasteiger partial charge in [-0.15, -0.1) is 0 Å². The van der Waals surface area contributed by atoms with Gasteiger partial charge in [0.05, 0.1) is 11.8 Å². The van der Waals surface area contributed by atoms with Gasteiger partial charge in [-0.25, -0.2) is 0 Å². The number of carboxylic acids is 2. The highest BCUT2D eigenvalue weighted by Crippen LogP contribution is 2.52. The molecule has 0 bridgehead atoms. The molecule has 2 aliphatic rings. The van der Waals surface area contributed by atoms with Crippen LogP contribution in [0.4, 0.5) is 0 Å². The van der Waals surface area contributed by atoms with Gasteiger partial charge in [-0.2, -0.15) is 0 Å². The molecule has 2 saturated carbocycles. The summed E-state index contributed by atoms with van der Waals surface area (Å²) in [5.74, 6) is -1.07. The first-order chi connectivity index (χ1) is 10.5. The van der Waals surface area contributed by atoms with Gasteiger partial charge < -0.3 is 10.2 Å². The third-order valence-corrected chi connectivity index (χ3v) is 6.05. The lowest BCUT2D eigenvalue weighted by molar-refractivity contribution is -0.158. The van der Waals surface area contributed by atoms with Crippen molar-refractivity contribution in [1.82, 2.24) is 0 Å². The largest absolute Gasteiger partial charge is 0.481 e. The first kappa shape index (κ1) is 17.3. The van der Waals surface area contributed by atoms with Crippen molar-refractivity contribution in [2.75, 3.05) is 0 Å². The van der Waals surface area contributed by atoms with Crippen molar-refractivity contribution >= 4 is 11.9 Å². The van der Waals surface area contributed by atoms with Crippen LogP contribution in [0.3, 0.4) is 0 Å². The number of fused-ring (bicyclic) bond motifs is 1. The van der Waals surface area contributed by atoms with E-state index in [2.05, 4.69) is 13.8 Å². The first-order valence-corrected chi connectivity index (χ1v) is 8.95. The average molecular weight is 310 g/mol. The summed E-state index contributed by atoms with van der Waals surface area (Å²) >= 11 is 0. The zero-order valence-electron chi connectivity index (χ0n) is 13.8. The summed E-state index contributed by atoms with van der Waals surface area (Å²) in [6, 6.07) is 0. The van der Waals surface area contributed by atoms with Gasteiger partial charge in [0.25, 0.3) is 0 Å². The number of aliphatic carboxylic acids is 2. The van der Waals surface area contributed by atoms with Crippen molar-refractivity contribution in [1.29, 1.82) is 0 Å². The molecule has 2 aliphatic carbocycles. The smallest absolute Gasteiger partial charge is 0.306 e. The zero-order valence-corrected chi connectivity index (χ0v) is 13.8. The van der Waals surface area contributed by atoms with Gasteiger partial charge in [0.15, 0.2) is 0 Å². The number of rotatable bonds is 6. The predicted molar refractivity (Wildman–Crippen MR) is 84.5 cm³/mol. The highest BCUT2D eigenvalue weighted by molar-refractivity contribution is 5.72. The highest BCUT2D eigenvalue weighted by atomic mass is 16.4. The van der Waals surface area contributed by atoms with E-state index < -0.39 is 11.9 Å². The van der Waals surface area contributed by atoms with Crippen LogP contribution in [0.5, 0.6) is 0 Å². The molecular formula is C18H30O4. The molecule has 0 radical (unpaired) electrons. The van der Waals surface area contributed by atoms with Crippen LogP contribution in [0.15, 0.2) is 0 Å². The summed E-state index contributed by atoms with van der Waals surface area (Å²) < 4.78 is 0. The van der Waals surface area contributed by atoms with Crippen molar-refractivity contribution in [2.45, 2.75) is 65.2 Å². The quantitative estimate of drug-likeness (QED) is 0.776. The molecular weight excluding hydrogens is 280 g/mol. The minimum atomic E-state index is -0.725. The zero-order chi connectivity index (χ0) is 16.3. The van der Waals surface area contributed by atoms with E-state index in [1.165, 1.54) is 0 Å². The molecule has 2 N–H and O–H groups in total. The second kappa shape index (κ2) is 7.47. The molecule has 2 rings (SSSR count). The van der Waals surface area contributed by atoms with Crippen LogP contribution in [0.2, 0.25) is 0 Å². The van der Waals surface area contributed by atoms with Crippen molar-refractivity contribution in [3.05, 3.63) is 0 Å². The first-order valence-electron chi connectivity index (χ1n) is 8.95. The number of carboxylic acid groups (broad SMARTS) is 2. The fourth-order valence-corrected chi connectivity index (χ4v) is 5.30. The fourth-order valence-electron chi connectivity index (χ4n) is 5.30. The van der Waals surface area contributed by atoms with Crippen LogP contribution in [-0.4, -0.2) is 22.2 Å². The molecule has 4 nitrogen and oxygen atoms in total. The standard InChI is InChI=1S/C18H30O4/c1-3-5-11-9-12-7-8-14(17(19)20)13(6-4-2)16(12)15(10-11)18(21)22/h11-16H,3-10H2,1-2H3,(H,19,20)(H,21,22). The lowest BCUT2D eigenvalue weighted by Crippen LogP contribution is -2.47. The molecule has 0 saturated heterocycles. The van der Waals surface area contributed by atoms with E-state index in [0.717, 1.165) is 51.4 Å². The Labute approximate surface area is 133 Å². The van der Waals surface area contributed by atoms with Crippen LogP contribution < -0.4 is 0 Å². The van der Waals surface area contributed by atoms with Crippen LogP contribution in [0.1, 0.15) is 65.2 Å². The summed E-state index contributed by atoms with van der Waals surface area (Å²) in [5.41, 5.74) is 0. The van der Waals surface area contributed by atoms with Crippen LogP contribution in [-0.2, 0) is 9.59 Å². The second-order valence-corrected chi connectivity index (χ2v) is 7.38. The molecule has 2 fully saturated rings. The van der Waals surface area contributed by atoms with Gasteiger partial charge >= 0.3 is 11.9 Å². The Kier molecular flexibility index (Phi) is 5.87. The highest BCUT2D eigenvalue weighted by Gasteiger charge is 2.50. The Bertz CT molecular complexity index is 406. The molecule has 126 valence electrons. The maximum atomic E-state index is 11.8. The third-order valence-electron chi connectivity index (χ3n) is 6.05. The molecule has 0 heterocycles. The van der Waals surface area contributed by atoms with Crippen LogP contribution >= 0.6 is 0 Å². The Morgan fingerprint density at radius 3 is 2.09 bits per heavy atom. The molecule has 6 atom stereocenters. The number of hydrogen-bond acceptors (Lipinski definition) is 2. The minimum absolute atomic E-state index is 0.0462. The fraction of sp³-hybridized carbons (Fsp3) is 0.889. The Morgan fingerprint density at radius 2 is 1.55 bits per heavy atom. The number of carbonyl (C=O) groups is 2. The van der Waals surface area contributed by atoms with E-state index in [-0.39, 0.29) is 23.7 Å². The maximum absolute atomic E-state index is 11.8. The molecule has 0 amide bonds. The van der Waals surface area contributed by atoms with Gasteiger partial charge in [-0.05, 0) is 55.8 Å². The van der Waals surface area contributed by atoms with Crippen molar-refractivity contribution in [3.63, 3.8) is 0 Å². The molecule has 6 unspecified atom stereocenters. The SMILES string of the molecule is CCCC1CC2CCC(C(=O)O)C(CCC)C2C(C(=O)O)C1. The van der Waals surface area contributed by atoms with E-state index >= 15 is 0 Å². The van der Waals surface area contributed by atoms with E-state index in [0.29, 0.717) is 11.8 Å². The van der Waals surface area contributed by atoms with Gasteiger partial charge in [0.1, 0.15) is 0 Å². The van der Waals surface area contributed by atoms with Crippen molar-refractivity contribution in [3.8, 4) is 0 Å². The minimum Gasteiger partial charge on any atom is -0.481 e. The van der Waals surface area contributed by atoms with Crippen molar-refractivity contribution < 1.29 is 19.8 Å². The molecule has 0 aliphatic heterocycles. The second-order valence-electron chi connectivity index (χ2n) is 7.38. The molecule has 0 aromatic heterocycles. The van der Waals surface area contributed by atoms with Gasteiger partial charge in [-0.3, -0.25) is 9.59 Å². The van der Waals surface area contributed by atoms with E-state index in [1.54, 1.807) is 0 Å². The summed E-state index contributed by atoms with van der Waals surface area (Å²) in [4.78, 5) is 23.4. The van der Waals surface area contributed by atoms with Crippen molar-refractivity contribution in [2.24, 2.45) is 35.5 Å². The van der Waals surface area contributed by atoms with E-state index in [1.807, 2.05) is 0 Å². The summed E-state index contributed by atoms with van der Waals surface area (Å²) in [5, 5.41) is 19.3. The normalized spacial score (nSPS) is 38.3. The lowest BCUT2D eigenvalue weighted by Gasteiger charge is -2.49. The Hall–Kier alpha value is -1.06. The predicted octanol–water partition coefficient (Wildman–Crippen LogP) is 4.04. The Morgan fingerprint density at radius 1 is 0.909 bits per heavy atom. The van der Waals surface area contributed by atoms with Gasteiger partial charge in [0, 0.05) is 0 Å². The molecule has 4 heteroatoms. The van der Waals surface area contributed by atoms with Crippen LogP contribution in [0, 0.1) is 35.5 Å². The van der Waals surface area contributed by atoms with E-state index in [4.69, 9.17) is 0 Å². The Balaban J connectivity index is 2.26. The summed E-state index contributed by atoms with van der Waals surface area (Å²) in [6.07, 6.45) is 7.46. The summed E-state index contributed by atoms with van der Waals surface area (Å²) in [7, 11) is 0. The number of hydrogen-bond donors (Lipinski definition) is 2. The maximum Gasteiger partial charge on any atom is 0.306 e. The average Bonchev–Trinajstić information content (AvgIpc) is 2.46. The third kappa shape index (κ3) is 3.47. The monoisotopic (exact) mass is 310 g/mol. The molecule has 22 heavy (non-hydrogen) atoms. The lowest BCUT2D eigenvalue weighted by atomic mass is 9.54. The topological polar surface area (TPSA) is 74.6 Å².